The van der Waals surface area contributed by atoms with E-state index in [0.717, 1.165) is 26.4 Å². The molecule has 3 fully saturated rings. The van der Waals surface area contributed by atoms with Gasteiger partial charge in [0, 0.05) is 0 Å². The van der Waals surface area contributed by atoms with Crippen molar-refractivity contribution in [2.24, 2.45) is 0 Å². The maximum Gasteiger partial charge on any atom is 0.120 e. The molecule has 1 aliphatic carbocycles. The minimum Gasteiger partial charge on any atom is -0.377 e. The maximum absolute atomic E-state index is 5.41. The van der Waals surface area contributed by atoms with Gasteiger partial charge in [-0.05, 0) is 13.8 Å². The molecule has 22 heavy (non-hydrogen) atoms. The summed E-state index contributed by atoms with van der Waals surface area (Å²) in [4.78, 5) is 0. The predicted molar refractivity (Wildman–Crippen MR) is 83.9 cm³/mol. The summed E-state index contributed by atoms with van der Waals surface area (Å²) in [5, 5.41) is 0. The Kier molecular flexibility index (Phi) is 4.93. The van der Waals surface area contributed by atoms with Gasteiger partial charge >= 0.3 is 0 Å². The van der Waals surface area contributed by atoms with Crippen LogP contribution in [0.15, 0.2) is 42.5 Å². The number of ether oxygens (including phenoxy) is 4. The van der Waals surface area contributed by atoms with Crippen LogP contribution in [-0.4, -0.2) is 50.3 Å². The molecule has 0 amide bonds. The lowest BCUT2D eigenvalue weighted by atomic mass is 9.98. The molecule has 0 bridgehead atoms. The first-order valence-electron chi connectivity index (χ1n) is 7.89. The molecule has 0 spiro atoms. The standard InChI is InChI=1S/C7H8O2.C7H8.C4H8O2/c1-7-3-2-4-5(8-4)6(7)9-7;1-7-5-3-2-4-6-7;1-2-6-4-3-5-1/h2-6H,1H3;2-6H,1H3;1-4H2. The Labute approximate surface area is 132 Å². The van der Waals surface area contributed by atoms with Crippen LogP contribution < -0.4 is 0 Å². The van der Waals surface area contributed by atoms with Crippen LogP contribution in [-0.2, 0) is 18.9 Å². The van der Waals surface area contributed by atoms with Crippen molar-refractivity contribution in [2.75, 3.05) is 26.4 Å². The molecule has 4 aliphatic rings. The van der Waals surface area contributed by atoms with Gasteiger partial charge in [-0.25, -0.2) is 0 Å². The van der Waals surface area contributed by atoms with Gasteiger partial charge in [-0.2, -0.15) is 0 Å². The first-order valence-corrected chi connectivity index (χ1v) is 7.89. The smallest absolute Gasteiger partial charge is 0.120 e. The van der Waals surface area contributed by atoms with E-state index in [1.807, 2.05) is 18.2 Å². The number of rotatable bonds is 0. The molecule has 1 aromatic rings. The normalized spacial score (nSPS) is 36.5. The van der Waals surface area contributed by atoms with Crippen LogP contribution in [0, 0.1) is 6.92 Å². The first-order chi connectivity index (χ1) is 10.7. The molecule has 3 heterocycles. The minimum atomic E-state index is 0.0532. The number of benzene rings is 1. The van der Waals surface area contributed by atoms with Gasteiger partial charge in [0.2, 0.25) is 0 Å². The third-order valence-corrected chi connectivity index (χ3v) is 4.05. The average Bonchev–Trinajstić information content (AvgIpc) is 3.44. The largest absolute Gasteiger partial charge is 0.377 e. The summed E-state index contributed by atoms with van der Waals surface area (Å²) in [6.45, 7) is 7.30. The molecule has 3 aliphatic heterocycles. The molecular weight excluding hydrogens is 280 g/mol. The molecule has 3 saturated heterocycles. The fourth-order valence-corrected chi connectivity index (χ4v) is 2.56. The van der Waals surface area contributed by atoms with Crippen molar-refractivity contribution in [3.63, 3.8) is 0 Å². The van der Waals surface area contributed by atoms with Gasteiger partial charge in [0.05, 0.1) is 26.4 Å². The molecule has 4 atom stereocenters. The summed E-state index contributed by atoms with van der Waals surface area (Å²) in [6, 6.07) is 10.3. The Hall–Kier alpha value is -1.20. The molecular formula is C18H24O4. The van der Waals surface area contributed by atoms with Crippen LogP contribution in [0.3, 0.4) is 0 Å². The van der Waals surface area contributed by atoms with E-state index in [0.29, 0.717) is 18.3 Å². The minimum absolute atomic E-state index is 0.0532. The van der Waals surface area contributed by atoms with E-state index in [1.165, 1.54) is 5.56 Å². The second-order valence-corrected chi connectivity index (χ2v) is 6.03. The highest BCUT2D eigenvalue weighted by molar-refractivity contribution is 5.29. The van der Waals surface area contributed by atoms with Gasteiger partial charge in [-0.15, -0.1) is 0 Å². The van der Waals surface area contributed by atoms with Crippen molar-refractivity contribution in [3.8, 4) is 0 Å². The fourth-order valence-electron chi connectivity index (χ4n) is 2.56. The van der Waals surface area contributed by atoms with Crippen LogP contribution in [0.1, 0.15) is 12.5 Å². The molecule has 0 N–H and O–H groups in total. The van der Waals surface area contributed by atoms with Crippen LogP contribution in [0.2, 0.25) is 0 Å². The van der Waals surface area contributed by atoms with Crippen molar-refractivity contribution in [3.05, 3.63) is 48.0 Å². The number of aryl methyl sites for hydroxylation is 1. The molecule has 1 aromatic carbocycles. The third-order valence-electron chi connectivity index (χ3n) is 4.05. The van der Waals surface area contributed by atoms with E-state index in [-0.39, 0.29) is 5.60 Å². The fraction of sp³-hybridized carbons (Fsp3) is 0.556. The van der Waals surface area contributed by atoms with Crippen LogP contribution in [0.5, 0.6) is 0 Å². The lowest BCUT2D eigenvalue weighted by molar-refractivity contribution is -0.0334. The van der Waals surface area contributed by atoms with E-state index < -0.39 is 0 Å². The van der Waals surface area contributed by atoms with Crippen molar-refractivity contribution in [1.29, 1.82) is 0 Å². The quantitative estimate of drug-likeness (QED) is 0.546. The Bertz CT molecular complexity index is 486. The summed E-state index contributed by atoms with van der Waals surface area (Å²) in [5.41, 5.74) is 1.38. The van der Waals surface area contributed by atoms with Crippen molar-refractivity contribution >= 4 is 0 Å². The van der Waals surface area contributed by atoms with Crippen LogP contribution >= 0.6 is 0 Å². The van der Waals surface area contributed by atoms with E-state index in [4.69, 9.17) is 18.9 Å². The van der Waals surface area contributed by atoms with E-state index in [1.54, 1.807) is 0 Å². The highest BCUT2D eigenvalue weighted by Gasteiger charge is 2.65. The van der Waals surface area contributed by atoms with Gasteiger partial charge in [0.15, 0.2) is 0 Å². The average molecular weight is 304 g/mol. The van der Waals surface area contributed by atoms with E-state index in [9.17, 15) is 0 Å². The second kappa shape index (κ2) is 6.92. The van der Waals surface area contributed by atoms with Crippen molar-refractivity contribution in [2.45, 2.75) is 37.8 Å². The van der Waals surface area contributed by atoms with Crippen LogP contribution in [0.4, 0.5) is 0 Å². The number of hydrogen-bond donors (Lipinski definition) is 0. The number of fused-ring (bicyclic) bond motifs is 3. The van der Waals surface area contributed by atoms with Gasteiger partial charge < -0.3 is 18.9 Å². The molecule has 0 radical (unpaired) electrons. The molecule has 0 aromatic heterocycles. The summed E-state index contributed by atoms with van der Waals surface area (Å²) < 4.78 is 20.6. The summed E-state index contributed by atoms with van der Waals surface area (Å²) in [5.74, 6) is 0. The van der Waals surface area contributed by atoms with Gasteiger partial charge in [-0.3, -0.25) is 0 Å². The highest BCUT2D eigenvalue weighted by atomic mass is 16.7. The Morgan fingerprint density at radius 2 is 1.64 bits per heavy atom. The third kappa shape index (κ3) is 4.17. The zero-order valence-electron chi connectivity index (χ0n) is 13.2. The lowest BCUT2D eigenvalue weighted by Gasteiger charge is -2.09. The molecule has 4 heteroatoms. The lowest BCUT2D eigenvalue weighted by Crippen LogP contribution is -2.16. The molecule has 4 unspecified atom stereocenters. The number of hydrogen-bond acceptors (Lipinski definition) is 4. The van der Waals surface area contributed by atoms with E-state index in [2.05, 4.69) is 38.1 Å². The summed E-state index contributed by atoms with van der Waals surface area (Å²) >= 11 is 0. The molecule has 4 nitrogen and oxygen atoms in total. The summed E-state index contributed by atoms with van der Waals surface area (Å²) in [6.07, 6.45) is 5.40. The highest BCUT2D eigenvalue weighted by Crippen LogP contribution is 2.51. The van der Waals surface area contributed by atoms with E-state index >= 15 is 0 Å². The second-order valence-electron chi connectivity index (χ2n) is 6.03. The Morgan fingerprint density at radius 1 is 1.00 bits per heavy atom. The zero-order valence-corrected chi connectivity index (χ0v) is 13.2. The Morgan fingerprint density at radius 3 is 2.09 bits per heavy atom. The summed E-state index contributed by atoms with van der Waals surface area (Å²) in [7, 11) is 0. The van der Waals surface area contributed by atoms with Crippen molar-refractivity contribution < 1.29 is 18.9 Å². The molecule has 120 valence electrons. The SMILES string of the molecule is C1COCCO1.CC12C=CC3OC3C1O2.Cc1ccccc1. The van der Waals surface area contributed by atoms with Gasteiger partial charge in [0.25, 0.3) is 0 Å². The maximum atomic E-state index is 5.41. The number of epoxide rings is 2. The monoisotopic (exact) mass is 304 g/mol. The molecule has 0 saturated carbocycles. The Balaban J connectivity index is 0.000000101. The molecule has 5 rings (SSSR count). The van der Waals surface area contributed by atoms with Gasteiger partial charge in [0.1, 0.15) is 23.9 Å². The topological polar surface area (TPSA) is 43.5 Å². The van der Waals surface area contributed by atoms with Crippen molar-refractivity contribution in [1.82, 2.24) is 0 Å². The zero-order chi connectivity index (χ0) is 15.4. The van der Waals surface area contributed by atoms with Gasteiger partial charge in [-0.1, -0.05) is 48.0 Å². The predicted octanol–water partition coefficient (Wildman–Crippen LogP) is 2.51. The first kappa shape index (κ1) is 15.7. The van der Waals surface area contributed by atoms with Crippen LogP contribution in [0.25, 0.3) is 0 Å².